The molecule has 0 unspecified atom stereocenters. The van der Waals surface area contributed by atoms with Crippen LogP contribution in [0.4, 0.5) is 0 Å². The smallest absolute Gasteiger partial charge is 0.200 e. The maximum absolute atomic E-state index is 12.5. The highest BCUT2D eigenvalue weighted by molar-refractivity contribution is 7.99. The van der Waals surface area contributed by atoms with Gasteiger partial charge in [0, 0.05) is 25.8 Å². The van der Waals surface area contributed by atoms with Crippen LogP contribution in [0.2, 0.25) is 0 Å². The first-order valence-corrected chi connectivity index (χ1v) is 9.47. The average Bonchev–Trinajstić information content (AvgIpc) is 3.36. The van der Waals surface area contributed by atoms with Gasteiger partial charge in [0.1, 0.15) is 5.75 Å². The van der Waals surface area contributed by atoms with Gasteiger partial charge < -0.3 is 13.9 Å². The van der Waals surface area contributed by atoms with E-state index >= 15 is 0 Å². The van der Waals surface area contributed by atoms with Crippen molar-refractivity contribution in [1.82, 2.24) is 14.8 Å². The van der Waals surface area contributed by atoms with Crippen molar-refractivity contribution < 1.29 is 18.7 Å². The normalized spacial score (nSPS) is 10.9. The van der Waals surface area contributed by atoms with Gasteiger partial charge in [0.2, 0.25) is 0 Å². The molecular formula is C19H21N3O4S. The van der Waals surface area contributed by atoms with Gasteiger partial charge in [-0.2, -0.15) is 0 Å². The number of hydrogen-bond donors (Lipinski definition) is 0. The summed E-state index contributed by atoms with van der Waals surface area (Å²) in [4.78, 5) is 12.5. The lowest BCUT2D eigenvalue weighted by atomic mass is 10.1. The zero-order chi connectivity index (χ0) is 19.1. The van der Waals surface area contributed by atoms with Crippen molar-refractivity contribution in [3.8, 4) is 17.3 Å². The van der Waals surface area contributed by atoms with Crippen LogP contribution in [0.5, 0.6) is 5.75 Å². The number of carbonyl (C=O) groups is 1. The molecule has 7 nitrogen and oxygen atoms in total. The molecule has 0 N–H and O–H groups in total. The molecule has 1 aromatic carbocycles. The quantitative estimate of drug-likeness (QED) is 0.299. The molecule has 3 rings (SSSR count). The molecule has 2 heterocycles. The van der Waals surface area contributed by atoms with E-state index in [1.54, 1.807) is 38.7 Å². The Balaban J connectivity index is 1.74. The van der Waals surface area contributed by atoms with Gasteiger partial charge in [0.05, 0.1) is 19.1 Å². The highest BCUT2D eigenvalue weighted by Gasteiger charge is 2.17. The Morgan fingerprint density at radius 1 is 1.22 bits per heavy atom. The van der Waals surface area contributed by atoms with E-state index in [0.717, 1.165) is 6.42 Å². The van der Waals surface area contributed by atoms with Crippen molar-refractivity contribution in [3.05, 3.63) is 48.2 Å². The Morgan fingerprint density at radius 2 is 2.11 bits per heavy atom. The molecule has 0 fully saturated rings. The molecule has 142 valence electrons. The molecule has 2 aromatic heterocycles. The van der Waals surface area contributed by atoms with E-state index in [1.165, 1.54) is 11.8 Å². The van der Waals surface area contributed by atoms with E-state index in [2.05, 4.69) is 10.2 Å². The molecule has 0 aliphatic carbocycles. The minimum Gasteiger partial charge on any atom is -0.497 e. The van der Waals surface area contributed by atoms with Gasteiger partial charge in [-0.15, -0.1) is 10.2 Å². The molecule has 0 saturated heterocycles. The third-order valence-electron chi connectivity index (χ3n) is 3.91. The second-order valence-electron chi connectivity index (χ2n) is 5.73. The number of ketones is 1. The summed E-state index contributed by atoms with van der Waals surface area (Å²) in [5.41, 5.74) is 0.610. The Bertz CT molecular complexity index is 877. The number of Topliss-reactive ketones (excluding diaryl/α,β-unsaturated/α-hetero) is 1. The minimum atomic E-state index is 0.00453. The Labute approximate surface area is 161 Å². The predicted octanol–water partition coefficient (Wildman–Crippen LogP) is 3.56. The van der Waals surface area contributed by atoms with Crippen LogP contribution in [0.1, 0.15) is 16.8 Å². The third-order valence-corrected chi connectivity index (χ3v) is 4.88. The largest absolute Gasteiger partial charge is 0.497 e. The average molecular weight is 387 g/mol. The first-order chi connectivity index (χ1) is 13.2. The molecular weight excluding hydrogens is 366 g/mol. The summed E-state index contributed by atoms with van der Waals surface area (Å²) in [6, 6.07) is 10.8. The van der Waals surface area contributed by atoms with Crippen molar-refractivity contribution in [2.45, 2.75) is 18.1 Å². The fraction of sp³-hybridized carbons (Fsp3) is 0.316. The number of rotatable bonds is 10. The second-order valence-corrected chi connectivity index (χ2v) is 6.67. The van der Waals surface area contributed by atoms with Gasteiger partial charge in [-0.3, -0.25) is 9.36 Å². The lowest BCUT2D eigenvalue weighted by Crippen LogP contribution is -2.07. The first-order valence-electron chi connectivity index (χ1n) is 8.49. The van der Waals surface area contributed by atoms with Crippen molar-refractivity contribution >= 4 is 17.5 Å². The highest BCUT2D eigenvalue weighted by atomic mass is 32.2. The van der Waals surface area contributed by atoms with Crippen LogP contribution in [0.25, 0.3) is 11.6 Å². The van der Waals surface area contributed by atoms with E-state index in [4.69, 9.17) is 13.9 Å². The van der Waals surface area contributed by atoms with Gasteiger partial charge in [-0.25, -0.2) is 0 Å². The molecule has 3 aromatic rings. The summed E-state index contributed by atoms with van der Waals surface area (Å²) in [5.74, 6) is 2.21. The molecule has 0 bridgehead atoms. The summed E-state index contributed by atoms with van der Waals surface area (Å²) >= 11 is 1.36. The molecule has 0 aliphatic heterocycles. The van der Waals surface area contributed by atoms with Crippen molar-refractivity contribution in [3.63, 3.8) is 0 Å². The zero-order valence-corrected chi connectivity index (χ0v) is 16.1. The Hall–Kier alpha value is -2.58. The molecule has 0 atom stereocenters. The van der Waals surface area contributed by atoms with E-state index in [-0.39, 0.29) is 11.5 Å². The van der Waals surface area contributed by atoms with Gasteiger partial charge in [0.15, 0.2) is 22.5 Å². The van der Waals surface area contributed by atoms with E-state index in [1.807, 2.05) is 22.8 Å². The summed E-state index contributed by atoms with van der Waals surface area (Å²) < 4.78 is 17.7. The van der Waals surface area contributed by atoms with Crippen LogP contribution in [0.3, 0.4) is 0 Å². The van der Waals surface area contributed by atoms with Crippen LogP contribution in [-0.4, -0.2) is 47.1 Å². The van der Waals surface area contributed by atoms with Crippen molar-refractivity contribution in [2.24, 2.45) is 0 Å². The van der Waals surface area contributed by atoms with E-state index < -0.39 is 0 Å². The minimum absolute atomic E-state index is 0.00453. The maximum atomic E-state index is 12.5. The topological polar surface area (TPSA) is 79.4 Å². The number of aromatic nitrogens is 3. The summed E-state index contributed by atoms with van der Waals surface area (Å²) in [6.07, 6.45) is 2.41. The molecule has 8 heteroatoms. The lowest BCUT2D eigenvalue weighted by Gasteiger charge is -2.09. The van der Waals surface area contributed by atoms with Crippen molar-refractivity contribution in [2.75, 3.05) is 26.6 Å². The monoisotopic (exact) mass is 387 g/mol. The SMILES string of the molecule is COCCCn1c(SCC(=O)c2cccc(OC)c2)nnc1-c1ccco1. The van der Waals surface area contributed by atoms with Gasteiger partial charge in [-0.05, 0) is 30.7 Å². The summed E-state index contributed by atoms with van der Waals surface area (Å²) in [5, 5.41) is 9.16. The van der Waals surface area contributed by atoms with Crippen LogP contribution in [0.15, 0.2) is 52.2 Å². The number of nitrogens with zero attached hydrogens (tertiary/aromatic N) is 3. The van der Waals surface area contributed by atoms with Gasteiger partial charge in [-0.1, -0.05) is 23.9 Å². The Kier molecular flexibility index (Phi) is 6.67. The Morgan fingerprint density at radius 3 is 2.85 bits per heavy atom. The molecule has 27 heavy (non-hydrogen) atoms. The van der Waals surface area contributed by atoms with E-state index in [0.29, 0.717) is 41.2 Å². The standard InChI is InChI=1S/C19H21N3O4S/c1-24-10-5-9-22-18(17-8-4-11-26-17)20-21-19(22)27-13-16(23)14-6-3-7-15(12-14)25-2/h3-4,6-8,11-12H,5,9-10,13H2,1-2H3. The number of carbonyl (C=O) groups excluding carboxylic acids is 1. The van der Waals surface area contributed by atoms with Gasteiger partial charge >= 0.3 is 0 Å². The number of benzene rings is 1. The van der Waals surface area contributed by atoms with E-state index in [9.17, 15) is 4.79 Å². The number of hydrogen-bond acceptors (Lipinski definition) is 7. The van der Waals surface area contributed by atoms with Crippen LogP contribution in [0, 0.1) is 0 Å². The summed E-state index contributed by atoms with van der Waals surface area (Å²) in [6.45, 7) is 1.30. The lowest BCUT2D eigenvalue weighted by molar-refractivity contribution is 0.102. The molecule has 0 amide bonds. The number of ether oxygens (including phenoxy) is 2. The fourth-order valence-electron chi connectivity index (χ4n) is 2.56. The van der Waals surface area contributed by atoms with Crippen LogP contribution in [-0.2, 0) is 11.3 Å². The second kappa shape index (κ2) is 9.38. The fourth-order valence-corrected chi connectivity index (χ4v) is 3.42. The molecule has 0 aliphatic rings. The van der Waals surface area contributed by atoms with Crippen LogP contribution < -0.4 is 4.74 Å². The number of thioether (sulfide) groups is 1. The zero-order valence-electron chi connectivity index (χ0n) is 15.3. The number of methoxy groups -OCH3 is 2. The first kappa shape index (κ1) is 19.2. The van der Waals surface area contributed by atoms with Gasteiger partial charge in [0.25, 0.3) is 0 Å². The molecule has 0 saturated carbocycles. The molecule has 0 radical (unpaired) electrons. The third kappa shape index (κ3) is 4.78. The highest BCUT2D eigenvalue weighted by Crippen LogP contribution is 2.25. The molecule has 0 spiro atoms. The maximum Gasteiger partial charge on any atom is 0.200 e. The summed E-state index contributed by atoms with van der Waals surface area (Å²) in [7, 11) is 3.25. The van der Waals surface area contributed by atoms with Crippen molar-refractivity contribution in [1.29, 1.82) is 0 Å². The predicted molar refractivity (Wildman–Crippen MR) is 102 cm³/mol. The number of furan rings is 1. The van der Waals surface area contributed by atoms with Crippen LogP contribution >= 0.6 is 11.8 Å².